The van der Waals surface area contributed by atoms with Gasteiger partial charge in [0.25, 0.3) is 11.8 Å². The first kappa shape index (κ1) is 16.6. The molecule has 4 rings (SSSR count). The molecule has 1 unspecified atom stereocenters. The van der Waals surface area contributed by atoms with Gasteiger partial charge in [0.05, 0.1) is 11.7 Å². The molecule has 2 atom stereocenters. The minimum absolute atomic E-state index is 0.0665. The molecule has 0 fully saturated rings. The maximum absolute atomic E-state index is 12.7. The zero-order valence-corrected chi connectivity index (χ0v) is 14.8. The van der Waals surface area contributed by atoms with Crippen LogP contribution in [0.25, 0.3) is 0 Å². The fraction of sp³-hybridized carbons (Fsp3) is 0.444. The van der Waals surface area contributed by atoms with Gasteiger partial charge in [0, 0.05) is 13.5 Å². The second kappa shape index (κ2) is 6.44. The average molecular weight is 355 g/mol. The molecule has 8 heteroatoms. The lowest BCUT2D eigenvalue weighted by atomic mass is 10.2. The van der Waals surface area contributed by atoms with Crippen molar-refractivity contribution >= 4 is 17.5 Å². The summed E-state index contributed by atoms with van der Waals surface area (Å²) < 4.78 is 7.55. The highest BCUT2D eigenvalue weighted by molar-refractivity contribution is 6.02. The van der Waals surface area contributed by atoms with Gasteiger partial charge in [-0.2, -0.15) is 0 Å². The lowest BCUT2D eigenvalue weighted by molar-refractivity contribution is -0.120. The van der Waals surface area contributed by atoms with Crippen LogP contribution in [0.1, 0.15) is 42.3 Å². The fourth-order valence-electron chi connectivity index (χ4n) is 3.49. The van der Waals surface area contributed by atoms with Crippen molar-refractivity contribution in [3.63, 3.8) is 0 Å². The van der Waals surface area contributed by atoms with Crippen LogP contribution in [0.5, 0.6) is 5.75 Å². The molecule has 136 valence electrons. The van der Waals surface area contributed by atoms with E-state index in [2.05, 4.69) is 22.3 Å². The number of hydrogen-bond acceptors (Lipinski definition) is 5. The van der Waals surface area contributed by atoms with Crippen LogP contribution in [-0.2, 0) is 11.2 Å². The molecule has 26 heavy (non-hydrogen) atoms. The van der Waals surface area contributed by atoms with E-state index in [-0.39, 0.29) is 18.3 Å². The number of para-hydroxylation sites is 2. The van der Waals surface area contributed by atoms with Gasteiger partial charge in [0.1, 0.15) is 24.2 Å². The Morgan fingerprint density at radius 1 is 1.38 bits per heavy atom. The van der Waals surface area contributed by atoms with E-state index in [1.165, 1.54) is 4.90 Å². The molecule has 1 aromatic heterocycles. The van der Waals surface area contributed by atoms with Crippen molar-refractivity contribution in [2.45, 2.75) is 38.3 Å². The minimum Gasteiger partial charge on any atom is -0.489 e. The van der Waals surface area contributed by atoms with Gasteiger partial charge >= 0.3 is 0 Å². The van der Waals surface area contributed by atoms with Crippen LogP contribution in [-0.4, -0.2) is 46.3 Å². The average Bonchev–Trinajstić information content (AvgIpc) is 3.21. The standard InChI is InChI=1S/C18H21N5O3/c1-3-11-8-9-15-20-16(21-23(11)15)17(24)19-12-10-26-14-7-5-4-6-13(14)22(2)18(12)25/h4-7,11-12H,3,8-10H2,1-2H3,(H,19,24)/t11?,12-/m0/s1. The van der Waals surface area contributed by atoms with E-state index < -0.39 is 11.9 Å². The molecule has 3 heterocycles. The Morgan fingerprint density at radius 3 is 3.00 bits per heavy atom. The van der Waals surface area contributed by atoms with Crippen molar-refractivity contribution in [2.24, 2.45) is 0 Å². The number of rotatable bonds is 3. The van der Waals surface area contributed by atoms with E-state index in [1.54, 1.807) is 13.1 Å². The Bertz CT molecular complexity index is 862. The Labute approximate surface area is 151 Å². The summed E-state index contributed by atoms with van der Waals surface area (Å²) in [5.41, 5.74) is 0.680. The number of ether oxygens (including phenoxy) is 1. The first-order chi connectivity index (χ1) is 12.6. The second-order valence-electron chi connectivity index (χ2n) is 6.60. The maximum atomic E-state index is 12.7. The quantitative estimate of drug-likeness (QED) is 0.897. The monoisotopic (exact) mass is 355 g/mol. The number of carbonyl (C=O) groups is 2. The summed E-state index contributed by atoms with van der Waals surface area (Å²) in [6, 6.07) is 6.80. The van der Waals surface area contributed by atoms with Gasteiger partial charge < -0.3 is 15.0 Å². The third-order valence-electron chi connectivity index (χ3n) is 4.99. The predicted molar refractivity (Wildman–Crippen MR) is 94.3 cm³/mol. The fourth-order valence-corrected chi connectivity index (χ4v) is 3.49. The van der Waals surface area contributed by atoms with Crippen LogP contribution in [0.3, 0.4) is 0 Å². The van der Waals surface area contributed by atoms with E-state index in [0.717, 1.165) is 25.1 Å². The van der Waals surface area contributed by atoms with Gasteiger partial charge in [0.15, 0.2) is 0 Å². The second-order valence-corrected chi connectivity index (χ2v) is 6.60. The van der Waals surface area contributed by atoms with E-state index >= 15 is 0 Å². The van der Waals surface area contributed by atoms with Gasteiger partial charge in [0.2, 0.25) is 5.82 Å². The minimum atomic E-state index is -0.791. The number of likely N-dealkylation sites (N-methyl/N-ethyl adjacent to an activating group) is 1. The van der Waals surface area contributed by atoms with Crippen LogP contribution in [0, 0.1) is 0 Å². The Balaban J connectivity index is 1.51. The molecule has 0 radical (unpaired) electrons. The third kappa shape index (κ3) is 2.71. The summed E-state index contributed by atoms with van der Waals surface area (Å²) in [6.45, 7) is 2.16. The number of aromatic nitrogens is 3. The lowest BCUT2D eigenvalue weighted by Crippen LogP contribution is -2.49. The first-order valence-corrected chi connectivity index (χ1v) is 8.84. The highest BCUT2D eigenvalue weighted by atomic mass is 16.5. The summed E-state index contributed by atoms with van der Waals surface area (Å²) in [5.74, 6) is 0.861. The molecule has 2 amide bonds. The molecule has 0 saturated carbocycles. The number of anilines is 1. The molecule has 2 aliphatic rings. The largest absolute Gasteiger partial charge is 0.489 e. The zero-order chi connectivity index (χ0) is 18.3. The van der Waals surface area contributed by atoms with Gasteiger partial charge in [-0.15, -0.1) is 5.10 Å². The Morgan fingerprint density at radius 2 is 2.19 bits per heavy atom. The Hall–Kier alpha value is -2.90. The number of hydrogen-bond donors (Lipinski definition) is 1. The number of aryl methyl sites for hydroxylation is 1. The molecule has 8 nitrogen and oxygen atoms in total. The van der Waals surface area contributed by atoms with Crippen LogP contribution >= 0.6 is 0 Å². The van der Waals surface area contributed by atoms with E-state index in [0.29, 0.717) is 17.5 Å². The van der Waals surface area contributed by atoms with Crippen LogP contribution in [0.2, 0.25) is 0 Å². The molecule has 2 aliphatic heterocycles. The first-order valence-electron chi connectivity index (χ1n) is 8.84. The molecule has 1 aromatic carbocycles. The van der Waals surface area contributed by atoms with Gasteiger partial charge in [-0.3, -0.25) is 9.59 Å². The summed E-state index contributed by atoms with van der Waals surface area (Å²) in [7, 11) is 1.67. The summed E-state index contributed by atoms with van der Waals surface area (Å²) >= 11 is 0. The van der Waals surface area contributed by atoms with Crippen LogP contribution in [0.15, 0.2) is 24.3 Å². The Kier molecular flexibility index (Phi) is 4.10. The van der Waals surface area contributed by atoms with Crippen molar-refractivity contribution in [1.29, 1.82) is 0 Å². The molecule has 1 N–H and O–H groups in total. The van der Waals surface area contributed by atoms with E-state index in [4.69, 9.17) is 4.74 Å². The van der Waals surface area contributed by atoms with Crippen molar-refractivity contribution in [3.8, 4) is 5.75 Å². The zero-order valence-electron chi connectivity index (χ0n) is 14.8. The number of carbonyl (C=O) groups excluding carboxylic acids is 2. The molecule has 0 aliphatic carbocycles. The maximum Gasteiger partial charge on any atom is 0.291 e. The molecular formula is C18H21N5O3. The number of nitrogens with zero attached hydrogens (tertiary/aromatic N) is 4. The summed E-state index contributed by atoms with van der Waals surface area (Å²) in [5, 5.41) is 7.06. The summed E-state index contributed by atoms with van der Waals surface area (Å²) in [4.78, 5) is 31.1. The van der Waals surface area contributed by atoms with Crippen molar-refractivity contribution in [2.75, 3.05) is 18.6 Å². The SMILES string of the molecule is CCC1CCc2nc(C(=O)N[C@H]3COc4ccccc4N(C)C3=O)nn21. The van der Waals surface area contributed by atoms with Gasteiger partial charge in [-0.25, -0.2) is 9.67 Å². The predicted octanol–water partition coefficient (Wildman–Crippen LogP) is 1.33. The molecule has 0 spiro atoms. The van der Waals surface area contributed by atoms with Crippen molar-refractivity contribution in [3.05, 3.63) is 35.9 Å². The highest BCUT2D eigenvalue weighted by Gasteiger charge is 2.32. The van der Waals surface area contributed by atoms with Crippen molar-refractivity contribution < 1.29 is 14.3 Å². The molecule has 0 bridgehead atoms. The molecule has 0 saturated heterocycles. The van der Waals surface area contributed by atoms with Crippen LogP contribution in [0.4, 0.5) is 5.69 Å². The van der Waals surface area contributed by atoms with Crippen LogP contribution < -0.4 is 15.0 Å². The van der Waals surface area contributed by atoms with Crippen molar-refractivity contribution in [1.82, 2.24) is 20.1 Å². The summed E-state index contributed by atoms with van der Waals surface area (Å²) in [6.07, 6.45) is 2.78. The van der Waals surface area contributed by atoms with Gasteiger partial charge in [-0.1, -0.05) is 19.1 Å². The highest BCUT2D eigenvalue weighted by Crippen LogP contribution is 2.30. The number of benzene rings is 1. The number of fused-ring (bicyclic) bond motifs is 2. The van der Waals surface area contributed by atoms with E-state index in [9.17, 15) is 9.59 Å². The smallest absolute Gasteiger partial charge is 0.291 e. The number of nitrogens with one attached hydrogen (secondary N) is 1. The molecule has 2 aromatic rings. The topological polar surface area (TPSA) is 89.3 Å². The third-order valence-corrected chi connectivity index (χ3v) is 4.99. The number of amides is 2. The lowest BCUT2D eigenvalue weighted by Gasteiger charge is -2.19. The van der Waals surface area contributed by atoms with Gasteiger partial charge in [-0.05, 0) is 25.0 Å². The molecular weight excluding hydrogens is 334 g/mol. The van der Waals surface area contributed by atoms with E-state index in [1.807, 2.05) is 22.9 Å². The normalized spacial score (nSPS) is 21.6.